The summed E-state index contributed by atoms with van der Waals surface area (Å²) < 4.78 is 0. The van der Waals surface area contributed by atoms with Gasteiger partial charge in [0.25, 0.3) is 0 Å². The van der Waals surface area contributed by atoms with Crippen LogP contribution in [0.25, 0.3) is 0 Å². The highest BCUT2D eigenvalue weighted by molar-refractivity contribution is 5.42. The van der Waals surface area contributed by atoms with Crippen molar-refractivity contribution in [1.29, 1.82) is 0 Å². The predicted octanol–water partition coefficient (Wildman–Crippen LogP) is 1.94. The summed E-state index contributed by atoms with van der Waals surface area (Å²) in [5.74, 6) is 2.73. The van der Waals surface area contributed by atoms with Crippen molar-refractivity contribution in [1.82, 2.24) is 25.1 Å². The van der Waals surface area contributed by atoms with Crippen LogP contribution in [0.4, 0.5) is 5.82 Å². The van der Waals surface area contributed by atoms with Crippen molar-refractivity contribution < 1.29 is 0 Å². The first-order valence-electron chi connectivity index (χ1n) is 6.68. The van der Waals surface area contributed by atoms with E-state index in [2.05, 4.69) is 30.0 Å². The van der Waals surface area contributed by atoms with Crippen molar-refractivity contribution in [3.8, 4) is 0 Å². The number of piperidine rings is 1. The van der Waals surface area contributed by atoms with Crippen LogP contribution in [0.5, 0.6) is 0 Å². The van der Waals surface area contributed by atoms with Gasteiger partial charge in [0.05, 0.1) is 6.04 Å². The molecule has 100 valence electrons. The number of rotatable bonds is 2. The van der Waals surface area contributed by atoms with Gasteiger partial charge in [0.15, 0.2) is 0 Å². The van der Waals surface area contributed by atoms with Gasteiger partial charge in [-0.05, 0) is 33.1 Å². The maximum absolute atomic E-state index is 4.57. The van der Waals surface area contributed by atoms with Crippen molar-refractivity contribution in [3.05, 3.63) is 29.7 Å². The molecule has 0 unspecified atom stereocenters. The Morgan fingerprint density at radius 1 is 1.26 bits per heavy atom. The number of hydrogen-bond acceptors (Lipinski definition) is 5. The second-order valence-electron chi connectivity index (χ2n) is 4.99. The molecular weight excluding hydrogens is 240 g/mol. The van der Waals surface area contributed by atoms with Gasteiger partial charge in [0, 0.05) is 18.3 Å². The molecule has 6 heteroatoms. The SMILES string of the molecule is Cc1cc(N2CCCC[C@@H]2c2ncn[nH]2)nc(C)n1. The number of nitrogens with one attached hydrogen (secondary N) is 1. The molecule has 1 fully saturated rings. The van der Waals surface area contributed by atoms with E-state index in [9.17, 15) is 0 Å². The van der Waals surface area contributed by atoms with Crippen LogP contribution in [0, 0.1) is 13.8 Å². The van der Waals surface area contributed by atoms with E-state index in [4.69, 9.17) is 0 Å². The van der Waals surface area contributed by atoms with Gasteiger partial charge in [-0.25, -0.2) is 15.0 Å². The molecular formula is C13H18N6. The first-order chi connectivity index (χ1) is 9.24. The minimum Gasteiger partial charge on any atom is -0.346 e. The number of hydrogen-bond donors (Lipinski definition) is 1. The zero-order valence-corrected chi connectivity index (χ0v) is 11.3. The molecule has 0 amide bonds. The summed E-state index contributed by atoms with van der Waals surface area (Å²) in [5, 5.41) is 6.95. The highest BCUT2D eigenvalue weighted by atomic mass is 15.3. The lowest BCUT2D eigenvalue weighted by Crippen LogP contribution is -2.35. The van der Waals surface area contributed by atoms with Crippen molar-refractivity contribution >= 4 is 5.82 Å². The lowest BCUT2D eigenvalue weighted by atomic mass is 10.0. The smallest absolute Gasteiger partial charge is 0.147 e. The molecule has 19 heavy (non-hydrogen) atoms. The van der Waals surface area contributed by atoms with E-state index in [1.807, 2.05) is 19.9 Å². The highest BCUT2D eigenvalue weighted by Crippen LogP contribution is 2.32. The highest BCUT2D eigenvalue weighted by Gasteiger charge is 2.27. The second-order valence-corrected chi connectivity index (χ2v) is 4.99. The Balaban J connectivity index is 1.96. The molecule has 0 radical (unpaired) electrons. The van der Waals surface area contributed by atoms with E-state index < -0.39 is 0 Å². The number of H-pyrrole nitrogens is 1. The number of aromatic amines is 1. The Hall–Kier alpha value is -1.98. The average Bonchev–Trinajstić information content (AvgIpc) is 2.91. The van der Waals surface area contributed by atoms with Crippen LogP contribution in [0.15, 0.2) is 12.4 Å². The minimum atomic E-state index is 0.241. The van der Waals surface area contributed by atoms with E-state index in [0.717, 1.165) is 36.1 Å². The van der Waals surface area contributed by atoms with Gasteiger partial charge in [-0.2, -0.15) is 5.10 Å². The fourth-order valence-corrected chi connectivity index (χ4v) is 2.71. The monoisotopic (exact) mass is 258 g/mol. The summed E-state index contributed by atoms with van der Waals surface area (Å²) in [4.78, 5) is 15.5. The quantitative estimate of drug-likeness (QED) is 0.891. The Morgan fingerprint density at radius 3 is 2.89 bits per heavy atom. The lowest BCUT2D eigenvalue weighted by molar-refractivity contribution is 0.453. The summed E-state index contributed by atoms with van der Waals surface area (Å²) in [6.07, 6.45) is 5.05. The molecule has 1 aliphatic heterocycles. The Morgan fingerprint density at radius 2 is 2.16 bits per heavy atom. The molecule has 0 bridgehead atoms. The minimum absolute atomic E-state index is 0.241. The first kappa shape index (κ1) is 12.1. The zero-order chi connectivity index (χ0) is 13.2. The van der Waals surface area contributed by atoms with Crippen LogP contribution in [-0.4, -0.2) is 31.7 Å². The molecule has 0 saturated carbocycles. The van der Waals surface area contributed by atoms with Gasteiger partial charge < -0.3 is 4.90 Å². The average molecular weight is 258 g/mol. The summed E-state index contributed by atoms with van der Waals surface area (Å²) in [5.41, 5.74) is 1.00. The molecule has 1 saturated heterocycles. The predicted molar refractivity (Wildman–Crippen MR) is 71.8 cm³/mol. The van der Waals surface area contributed by atoms with Crippen molar-refractivity contribution in [3.63, 3.8) is 0 Å². The Kier molecular flexibility index (Phi) is 3.15. The van der Waals surface area contributed by atoms with Gasteiger partial charge in [-0.3, -0.25) is 5.10 Å². The third-order valence-electron chi connectivity index (χ3n) is 3.50. The molecule has 1 aliphatic rings. The zero-order valence-electron chi connectivity index (χ0n) is 11.3. The number of anilines is 1. The van der Waals surface area contributed by atoms with Crippen LogP contribution in [0.3, 0.4) is 0 Å². The molecule has 6 nitrogen and oxygen atoms in total. The fraction of sp³-hybridized carbons (Fsp3) is 0.538. The molecule has 0 aromatic carbocycles. The van der Waals surface area contributed by atoms with E-state index in [1.165, 1.54) is 12.8 Å². The standard InChI is InChI=1S/C13H18N6/c1-9-7-12(17-10(2)16-9)19-6-4-3-5-11(19)13-14-8-15-18-13/h7-8,11H,3-6H2,1-2H3,(H,14,15,18)/t11-/m1/s1. The largest absolute Gasteiger partial charge is 0.346 e. The van der Waals surface area contributed by atoms with E-state index in [1.54, 1.807) is 6.33 Å². The first-order valence-corrected chi connectivity index (χ1v) is 6.68. The summed E-state index contributed by atoms with van der Waals surface area (Å²) in [6.45, 7) is 4.94. The molecule has 1 atom stereocenters. The third-order valence-corrected chi connectivity index (χ3v) is 3.50. The third kappa shape index (κ3) is 2.43. The van der Waals surface area contributed by atoms with Crippen LogP contribution in [0.1, 0.15) is 42.6 Å². The topological polar surface area (TPSA) is 70.6 Å². The maximum atomic E-state index is 4.57. The van der Waals surface area contributed by atoms with E-state index >= 15 is 0 Å². The van der Waals surface area contributed by atoms with Gasteiger partial charge in [0.1, 0.15) is 23.8 Å². The fourth-order valence-electron chi connectivity index (χ4n) is 2.71. The molecule has 3 heterocycles. The number of nitrogens with zero attached hydrogens (tertiary/aromatic N) is 5. The van der Waals surface area contributed by atoms with Gasteiger partial charge in [0.2, 0.25) is 0 Å². The van der Waals surface area contributed by atoms with E-state index in [0.29, 0.717) is 0 Å². The van der Waals surface area contributed by atoms with Crippen molar-refractivity contribution in [2.45, 2.75) is 39.2 Å². The van der Waals surface area contributed by atoms with Crippen LogP contribution in [-0.2, 0) is 0 Å². The normalized spacial score (nSPS) is 19.7. The van der Waals surface area contributed by atoms with Crippen molar-refractivity contribution in [2.75, 3.05) is 11.4 Å². The molecule has 0 spiro atoms. The molecule has 3 rings (SSSR count). The number of aryl methyl sites for hydroxylation is 2. The van der Waals surface area contributed by atoms with Gasteiger partial charge in [-0.15, -0.1) is 0 Å². The van der Waals surface area contributed by atoms with Crippen LogP contribution >= 0.6 is 0 Å². The Labute approximate surface area is 112 Å². The summed E-state index contributed by atoms with van der Waals surface area (Å²) in [6, 6.07) is 2.28. The lowest BCUT2D eigenvalue weighted by Gasteiger charge is -2.35. The second kappa shape index (κ2) is 4.95. The van der Waals surface area contributed by atoms with Gasteiger partial charge >= 0.3 is 0 Å². The number of aromatic nitrogens is 5. The van der Waals surface area contributed by atoms with Crippen LogP contribution < -0.4 is 4.90 Å². The Bertz CT molecular complexity index is 530. The van der Waals surface area contributed by atoms with Crippen LogP contribution in [0.2, 0.25) is 0 Å². The summed E-state index contributed by atoms with van der Waals surface area (Å²) in [7, 11) is 0. The van der Waals surface area contributed by atoms with E-state index in [-0.39, 0.29) is 6.04 Å². The molecule has 1 N–H and O–H groups in total. The van der Waals surface area contributed by atoms with Gasteiger partial charge in [-0.1, -0.05) is 0 Å². The van der Waals surface area contributed by atoms with Crippen molar-refractivity contribution in [2.24, 2.45) is 0 Å². The summed E-state index contributed by atoms with van der Waals surface area (Å²) >= 11 is 0. The maximum Gasteiger partial charge on any atom is 0.147 e. The molecule has 2 aromatic rings. The molecule has 0 aliphatic carbocycles. The molecule has 2 aromatic heterocycles.